The fraction of sp³-hybridized carbons (Fsp3) is 0.625. The topological polar surface area (TPSA) is 25.2 Å². The molecule has 0 unspecified atom stereocenters. The molecule has 2 aliphatic carbocycles. The molecule has 0 aromatic carbocycles. The van der Waals surface area contributed by atoms with E-state index in [0.29, 0.717) is 10.8 Å². The number of aliphatic imine (C=N–C) groups is 1. The summed E-state index contributed by atoms with van der Waals surface area (Å²) in [5.41, 5.74) is 3.27. The minimum absolute atomic E-state index is 0.326. The lowest BCUT2D eigenvalue weighted by Crippen LogP contribution is -2.32. The van der Waals surface area contributed by atoms with Gasteiger partial charge in [-0.3, -0.25) is 9.98 Å². The maximum Gasteiger partial charge on any atom is 0.0811 e. The van der Waals surface area contributed by atoms with E-state index in [4.69, 9.17) is 4.99 Å². The van der Waals surface area contributed by atoms with Crippen molar-refractivity contribution in [1.29, 1.82) is 0 Å². The molecule has 0 N–H and O–H groups in total. The average molecular weight is 242 g/mol. The van der Waals surface area contributed by atoms with Gasteiger partial charge in [-0.2, -0.15) is 0 Å². The van der Waals surface area contributed by atoms with Crippen molar-refractivity contribution in [2.45, 2.75) is 46.6 Å². The second-order valence-corrected chi connectivity index (χ2v) is 6.58. The van der Waals surface area contributed by atoms with Crippen LogP contribution < -0.4 is 0 Å². The van der Waals surface area contributed by atoms with E-state index in [1.807, 2.05) is 18.3 Å². The van der Waals surface area contributed by atoms with Crippen molar-refractivity contribution >= 4 is 5.71 Å². The van der Waals surface area contributed by atoms with Crippen LogP contribution in [0.25, 0.3) is 0 Å². The van der Waals surface area contributed by atoms with Gasteiger partial charge in [0.05, 0.1) is 12.2 Å². The molecule has 2 heteroatoms. The zero-order chi connectivity index (χ0) is 12.8. The molecule has 2 aliphatic rings. The molecular formula is C16H22N2. The maximum atomic E-state index is 4.90. The number of nitrogens with zero attached hydrogens (tertiary/aromatic N) is 2. The monoisotopic (exact) mass is 242 g/mol. The third-order valence-corrected chi connectivity index (χ3v) is 5.67. The summed E-state index contributed by atoms with van der Waals surface area (Å²) in [6, 6.07) is 6.05. The SMILES string of the molecule is CC1(C)[C@@H]2CC[C@@]1(C)C(=NCc1ccccn1)C2. The Bertz CT molecular complexity index is 475. The molecule has 0 aliphatic heterocycles. The molecule has 2 fully saturated rings. The normalized spacial score (nSPS) is 35.3. The van der Waals surface area contributed by atoms with Gasteiger partial charge < -0.3 is 0 Å². The van der Waals surface area contributed by atoms with Crippen LogP contribution in [-0.4, -0.2) is 10.7 Å². The van der Waals surface area contributed by atoms with Gasteiger partial charge in [-0.25, -0.2) is 0 Å². The standard InChI is InChI=1S/C16H22N2/c1-15(2)12-7-8-16(15,3)14(10-12)18-11-13-6-4-5-9-17-13/h4-6,9,12H,7-8,10-11H2,1-3H3/t12-,16+/m1/s1. The zero-order valence-electron chi connectivity index (χ0n) is 11.6. The summed E-state index contributed by atoms with van der Waals surface area (Å²) in [4.78, 5) is 9.25. The number of aromatic nitrogens is 1. The van der Waals surface area contributed by atoms with Crippen LogP contribution in [0.15, 0.2) is 29.4 Å². The first-order valence-corrected chi connectivity index (χ1v) is 6.98. The molecule has 0 spiro atoms. The van der Waals surface area contributed by atoms with Gasteiger partial charge in [-0.1, -0.05) is 26.8 Å². The highest BCUT2D eigenvalue weighted by Gasteiger charge is 2.59. The molecule has 2 atom stereocenters. The van der Waals surface area contributed by atoms with Gasteiger partial charge >= 0.3 is 0 Å². The summed E-state index contributed by atoms with van der Waals surface area (Å²) in [6.45, 7) is 8.01. The van der Waals surface area contributed by atoms with Crippen LogP contribution in [0.5, 0.6) is 0 Å². The minimum Gasteiger partial charge on any atom is -0.287 e. The van der Waals surface area contributed by atoms with E-state index in [-0.39, 0.29) is 0 Å². The molecular weight excluding hydrogens is 220 g/mol. The minimum atomic E-state index is 0.326. The molecule has 18 heavy (non-hydrogen) atoms. The molecule has 1 aromatic rings. The first-order valence-electron chi connectivity index (χ1n) is 6.98. The van der Waals surface area contributed by atoms with E-state index in [0.717, 1.165) is 18.2 Å². The van der Waals surface area contributed by atoms with Gasteiger partial charge in [-0.05, 0) is 42.7 Å². The van der Waals surface area contributed by atoms with Crippen molar-refractivity contribution in [1.82, 2.24) is 4.98 Å². The van der Waals surface area contributed by atoms with E-state index in [2.05, 4.69) is 31.8 Å². The Kier molecular flexibility index (Phi) is 2.58. The predicted molar refractivity (Wildman–Crippen MR) is 74.6 cm³/mol. The number of fused-ring (bicyclic) bond motifs is 2. The van der Waals surface area contributed by atoms with Crippen molar-refractivity contribution < 1.29 is 0 Å². The Morgan fingerprint density at radius 3 is 2.72 bits per heavy atom. The van der Waals surface area contributed by atoms with Gasteiger partial charge in [-0.15, -0.1) is 0 Å². The van der Waals surface area contributed by atoms with Crippen LogP contribution in [0.1, 0.15) is 45.7 Å². The van der Waals surface area contributed by atoms with Gasteiger partial charge in [0.25, 0.3) is 0 Å². The van der Waals surface area contributed by atoms with Crippen LogP contribution >= 0.6 is 0 Å². The molecule has 2 nitrogen and oxygen atoms in total. The van der Waals surface area contributed by atoms with Gasteiger partial charge in [0.15, 0.2) is 0 Å². The van der Waals surface area contributed by atoms with E-state index >= 15 is 0 Å². The molecule has 1 aromatic heterocycles. The van der Waals surface area contributed by atoms with Crippen molar-refractivity contribution in [3.8, 4) is 0 Å². The summed E-state index contributed by atoms with van der Waals surface area (Å²) >= 11 is 0. The second-order valence-electron chi connectivity index (χ2n) is 6.58. The van der Waals surface area contributed by atoms with Crippen molar-refractivity contribution in [3.05, 3.63) is 30.1 Å². The summed E-state index contributed by atoms with van der Waals surface area (Å²) in [5.74, 6) is 0.838. The summed E-state index contributed by atoms with van der Waals surface area (Å²) in [6.07, 6.45) is 5.75. The Hall–Kier alpha value is -1.18. The maximum absolute atomic E-state index is 4.90. The third kappa shape index (κ3) is 1.54. The fourth-order valence-corrected chi connectivity index (χ4v) is 3.84. The largest absolute Gasteiger partial charge is 0.287 e. The van der Waals surface area contributed by atoms with Gasteiger partial charge in [0.1, 0.15) is 0 Å². The highest BCUT2D eigenvalue weighted by molar-refractivity contribution is 5.94. The molecule has 2 saturated carbocycles. The average Bonchev–Trinajstić information content (AvgIpc) is 2.70. The molecule has 1 heterocycles. The first kappa shape index (κ1) is 11.9. The third-order valence-electron chi connectivity index (χ3n) is 5.67. The number of hydrogen-bond acceptors (Lipinski definition) is 2. The van der Waals surface area contributed by atoms with E-state index < -0.39 is 0 Å². The van der Waals surface area contributed by atoms with Crippen LogP contribution in [0.3, 0.4) is 0 Å². The summed E-state index contributed by atoms with van der Waals surface area (Å²) < 4.78 is 0. The van der Waals surface area contributed by atoms with Gasteiger partial charge in [0, 0.05) is 17.3 Å². The molecule has 3 rings (SSSR count). The Labute approximate surface area is 110 Å². The van der Waals surface area contributed by atoms with Crippen molar-refractivity contribution in [2.24, 2.45) is 21.7 Å². The molecule has 0 saturated heterocycles. The molecule has 96 valence electrons. The summed E-state index contributed by atoms with van der Waals surface area (Å²) in [7, 11) is 0. The number of hydrogen-bond donors (Lipinski definition) is 0. The smallest absolute Gasteiger partial charge is 0.0811 e. The Balaban J connectivity index is 1.83. The highest BCUT2D eigenvalue weighted by Crippen LogP contribution is 2.63. The highest BCUT2D eigenvalue weighted by atomic mass is 14.8. The van der Waals surface area contributed by atoms with E-state index in [1.54, 1.807) is 0 Å². The summed E-state index contributed by atoms with van der Waals surface area (Å²) in [5, 5.41) is 0. The Morgan fingerprint density at radius 1 is 1.33 bits per heavy atom. The van der Waals surface area contributed by atoms with E-state index in [1.165, 1.54) is 25.0 Å². The lowest BCUT2D eigenvalue weighted by molar-refractivity contribution is 0.193. The van der Waals surface area contributed by atoms with Crippen molar-refractivity contribution in [2.75, 3.05) is 0 Å². The van der Waals surface area contributed by atoms with Crippen LogP contribution in [0.4, 0.5) is 0 Å². The molecule has 0 amide bonds. The van der Waals surface area contributed by atoms with Crippen molar-refractivity contribution in [3.63, 3.8) is 0 Å². The first-order chi connectivity index (χ1) is 8.54. The van der Waals surface area contributed by atoms with Crippen LogP contribution in [0, 0.1) is 16.7 Å². The predicted octanol–water partition coefficient (Wildman–Crippen LogP) is 3.87. The second kappa shape index (κ2) is 3.91. The molecule has 2 bridgehead atoms. The van der Waals surface area contributed by atoms with Crippen LogP contribution in [-0.2, 0) is 6.54 Å². The van der Waals surface area contributed by atoms with Crippen LogP contribution in [0.2, 0.25) is 0 Å². The molecule has 0 radical (unpaired) electrons. The zero-order valence-corrected chi connectivity index (χ0v) is 11.6. The van der Waals surface area contributed by atoms with Gasteiger partial charge in [0.2, 0.25) is 0 Å². The number of rotatable bonds is 2. The number of pyridine rings is 1. The Morgan fingerprint density at radius 2 is 2.17 bits per heavy atom. The lowest BCUT2D eigenvalue weighted by atomic mass is 9.70. The fourth-order valence-electron chi connectivity index (χ4n) is 3.84. The quantitative estimate of drug-likeness (QED) is 0.773. The van der Waals surface area contributed by atoms with E-state index in [9.17, 15) is 0 Å². The lowest BCUT2D eigenvalue weighted by Gasteiger charge is -2.34.